The molecular weight excluding hydrogens is 410 g/mol. The summed E-state index contributed by atoms with van der Waals surface area (Å²) in [6.07, 6.45) is 0. The van der Waals surface area contributed by atoms with E-state index in [2.05, 4.69) is 20.4 Å². The highest BCUT2D eigenvalue weighted by Crippen LogP contribution is 2.35. The molecule has 3 heterocycles. The van der Waals surface area contributed by atoms with Crippen molar-refractivity contribution in [2.45, 2.75) is 0 Å². The van der Waals surface area contributed by atoms with Gasteiger partial charge < -0.3 is 29.3 Å². The fourth-order valence-corrected chi connectivity index (χ4v) is 3.75. The first kappa shape index (κ1) is 19.9. The summed E-state index contributed by atoms with van der Waals surface area (Å²) >= 11 is 0. The van der Waals surface area contributed by atoms with Crippen molar-refractivity contribution in [3.63, 3.8) is 0 Å². The Hall–Kier alpha value is -4.01. The molecule has 0 bridgehead atoms. The number of anilines is 2. The Morgan fingerprint density at radius 3 is 2.59 bits per heavy atom. The van der Waals surface area contributed by atoms with Crippen LogP contribution in [0.4, 0.5) is 16.3 Å². The molecule has 1 fully saturated rings. The third kappa shape index (κ3) is 4.09. The molecule has 3 aromatic rings. The minimum atomic E-state index is -0.123. The number of rotatable bonds is 4. The van der Waals surface area contributed by atoms with E-state index in [1.54, 1.807) is 18.1 Å². The zero-order valence-electron chi connectivity index (χ0n) is 17.7. The summed E-state index contributed by atoms with van der Waals surface area (Å²) in [5.41, 5.74) is 2.40. The Bertz CT molecular complexity index is 1110. The molecule has 0 spiro atoms. The molecule has 9 nitrogen and oxygen atoms in total. The molecule has 32 heavy (non-hydrogen) atoms. The van der Waals surface area contributed by atoms with E-state index in [9.17, 15) is 4.79 Å². The van der Waals surface area contributed by atoms with Gasteiger partial charge in [0, 0.05) is 43.5 Å². The van der Waals surface area contributed by atoms with Gasteiger partial charge in [0.25, 0.3) is 0 Å². The SMILES string of the molecule is COc1cccc(NC(=O)N2CCN(c3ccc(-c4ccc5c(c4)OCO5)nn3)CC2)c1. The fourth-order valence-electron chi connectivity index (χ4n) is 3.75. The zero-order valence-corrected chi connectivity index (χ0v) is 17.7. The third-order valence-corrected chi connectivity index (χ3v) is 5.53. The maximum atomic E-state index is 12.6. The molecule has 1 aromatic heterocycles. The normalized spacial score (nSPS) is 14.9. The maximum absolute atomic E-state index is 12.6. The largest absolute Gasteiger partial charge is 0.497 e. The molecule has 9 heteroatoms. The van der Waals surface area contributed by atoms with Crippen LogP contribution in [0.3, 0.4) is 0 Å². The van der Waals surface area contributed by atoms with Crippen molar-refractivity contribution in [3.8, 4) is 28.5 Å². The lowest BCUT2D eigenvalue weighted by Gasteiger charge is -2.35. The number of nitrogens with one attached hydrogen (secondary N) is 1. The van der Waals surface area contributed by atoms with Gasteiger partial charge in [-0.1, -0.05) is 6.07 Å². The van der Waals surface area contributed by atoms with Crippen molar-refractivity contribution in [2.75, 3.05) is 50.3 Å². The molecule has 2 aromatic carbocycles. The lowest BCUT2D eigenvalue weighted by molar-refractivity contribution is 0.174. The lowest BCUT2D eigenvalue weighted by Crippen LogP contribution is -2.50. The number of nitrogens with zero attached hydrogens (tertiary/aromatic N) is 4. The molecule has 1 N–H and O–H groups in total. The molecule has 0 unspecified atom stereocenters. The quantitative estimate of drug-likeness (QED) is 0.676. The maximum Gasteiger partial charge on any atom is 0.321 e. The molecule has 0 radical (unpaired) electrons. The van der Waals surface area contributed by atoms with Gasteiger partial charge in [-0.05, 0) is 42.5 Å². The standard InChI is InChI=1S/C23H23N5O4/c1-30-18-4-2-3-17(14-18)24-23(29)28-11-9-27(10-12-28)22-8-6-19(25-26-22)16-5-7-20-21(13-16)32-15-31-20/h2-8,13-14H,9-12,15H2,1H3,(H,24,29). The van der Waals surface area contributed by atoms with E-state index in [1.165, 1.54) is 0 Å². The summed E-state index contributed by atoms with van der Waals surface area (Å²) in [5, 5.41) is 11.7. The predicted octanol–water partition coefficient (Wildman–Crippen LogP) is 3.24. The highest BCUT2D eigenvalue weighted by Gasteiger charge is 2.22. The van der Waals surface area contributed by atoms with Crippen molar-refractivity contribution >= 4 is 17.5 Å². The van der Waals surface area contributed by atoms with Gasteiger partial charge in [-0.2, -0.15) is 0 Å². The van der Waals surface area contributed by atoms with Crippen LogP contribution in [0.15, 0.2) is 54.6 Å². The summed E-state index contributed by atoms with van der Waals surface area (Å²) in [4.78, 5) is 16.5. The first-order valence-corrected chi connectivity index (χ1v) is 10.4. The summed E-state index contributed by atoms with van der Waals surface area (Å²) in [6, 6.07) is 16.8. The second-order valence-corrected chi connectivity index (χ2v) is 7.48. The summed E-state index contributed by atoms with van der Waals surface area (Å²) in [6.45, 7) is 2.81. The van der Waals surface area contributed by atoms with Gasteiger partial charge in [-0.25, -0.2) is 4.79 Å². The fraction of sp³-hybridized carbons (Fsp3) is 0.261. The van der Waals surface area contributed by atoms with Crippen LogP contribution in [0.5, 0.6) is 17.2 Å². The Labute approximate surface area is 185 Å². The van der Waals surface area contributed by atoms with Gasteiger partial charge in [-0.3, -0.25) is 0 Å². The smallest absolute Gasteiger partial charge is 0.321 e. The van der Waals surface area contributed by atoms with E-state index in [-0.39, 0.29) is 12.8 Å². The molecule has 0 aliphatic carbocycles. The molecule has 0 saturated carbocycles. The van der Waals surface area contributed by atoms with Crippen LogP contribution in [-0.4, -0.2) is 61.2 Å². The highest BCUT2D eigenvalue weighted by atomic mass is 16.7. The third-order valence-electron chi connectivity index (χ3n) is 5.53. The predicted molar refractivity (Wildman–Crippen MR) is 119 cm³/mol. The van der Waals surface area contributed by atoms with Crippen LogP contribution in [-0.2, 0) is 0 Å². The van der Waals surface area contributed by atoms with Crippen LogP contribution in [0, 0.1) is 0 Å². The molecular formula is C23H23N5O4. The monoisotopic (exact) mass is 433 g/mol. The van der Waals surface area contributed by atoms with Gasteiger partial charge in [0.15, 0.2) is 17.3 Å². The number of aromatic nitrogens is 2. The number of piperazine rings is 1. The minimum absolute atomic E-state index is 0.123. The van der Waals surface area contributed by atoms with Crippen LogP contribution < -0.4 is 24.4 Å². The number of methoxy groups -OCH3 is 1. The molecule has 2 amide bonds. The second kappa shape index (κ2) is 8.62. The number of benzene rings is 2. The lowest BCUT2D eigenvalue weighted by atomic mass is 10.1. The minimum Gasteiger partial charge on any atom is -0.497 e. The van der Waals surface area contributed by atoms with Crippen LogP contribution in [0.1, 0.15) is 0 Å². The van der Waals surface area contributed by atoms with Gasteiger partial charge in [0.1, 0.15) is 5.75 Å². The molecule has 0 atom stereocenters. The van der Waals surface area contributed by atoms with Crippen molar-refractivity contribution in [2.24, 2.45) is 0 Å². The summed E-state index contributed by atoms with van der Waals surface area (Å²) in [5.74, 6) is 2.96. The average Bonchev–Trinajstić information content (AvgIpc) is 3.32. The van der Waals surface area contributed by atoms with Crippen molar-refractivity contribution < 1.29 is 19.0 Å². The summed E-state index contributed by atoms with van der Waals surface area (Å²) in [7, 11) is 1.60. The van der Waals surface area contributed by atoms with Crippen molar-refractivity contribution in [1.82, 2.24) is 15.1 Å². The highest BCUT2D eigenvalue weighted by molar-refractivity contribution is 5.89. The Balaban J connectivity index is 1.18. The molecule has 2 aliphatic heterocycles. The Morgan fingerprint density at radius 1 is 0.969 bits per heavy atom. The topological polar surface area (TPSA) is 89.1 Å². The van der Waals surface area contributed by atoms with Crippen molar-refractivity contribution in [3.05, 3.63) is 54.6 Å². The number of amides is 2. The number of carbonyl (C=O) groups is 1. The summed E-state index contributed by atoms with van der Waals surface area (Å²) < 4.78 is 16.0. The zero-order chi connectivity index (χ0) is 21.9. The first-order chi connectivity index (χ1) is 15.7. The van der Waals surface area contributed by atoms with E-state index >= 15 is 0 Å². The number of hydrogen-bond acceptors (Lipinski definition) is 7. The van der Waals surface area contributed by atoms with Gasteiger partial charge in [-0.15, -0.1) is 10.2 Å². The van der Waals surface area contributed by atoms with E-state index in [0.717, 1.165) is 28.6 Å². The molecule has 5 rings (SSSR count). The van der Waals surface area contributed by atoms with Crippen LogP contribution in [0.2, 0.25) is 0 Å². The van der Waals surface area contributed by atoms with E-state index < -0.39 is 0 Å². The average molecular weight is 433 g/mol. The molecule has 1 saturated heterocycles. The number of hydrogen-bond donors (Lipinski definition) is 1. The number of ether oxygens (including phenoxy) is 3. The van der Waals surface area contributed by atoms with E-state index in [4.69, 9.17) is 14.2 Å². The number of fused-ring (bicyclic) bond motifs is 1. The number of carbonyl (C=O) groups excluding carboxylic acids is 1. The Kier molecular flexibility index (Phi) is 5.37. The molecule has 164 valence electrons. The second-order valence-electron chi connectivity index (χ2n) is 7.48. The van der Waals surface area contributed by atoms with Crippen LogP contribution >= 0.6 is 0 Å². The van der Waals surface area contributed by atoms with Crippen LogP contribution in [0.25, 0.3) is 11.3 Å². The van der Waals surface area contributed by atoms with Gasteiger partial charge in [0.2, 0.25) is 6.79 Å². The molecule has 2 aliphatic rings. The van der Waals surface area contributed by atoms with Crippen molar-refractivity contribution in [1.29, 1.82) is 0 Å². The van der Waals surface area contributed by atoms with Gasteiger partial charge >= 0.3 is 6.03 Å². The first-order valence-electron chi connectivity index (χ1n) is 10.4. The van der Waals surface area contributed by atoms with Gasteiger partial charge in [0.05, 0.1) is 12.8 Å². The Morgan fingerprint density at radius 2 is 1.81 bits per heavy atom. The number of urea groups is 1. The van der Waals surface area contributed by atoms with E-state index in [1.807, 2.05) is 48.5 Å². The van der Waals surface area contributed by atoms with E-state index in [0.29, 0.717) is 37.6 Å².